The van der Waals surface area contributed by atoms with E-state index >= 15 is 0 Å². The molecular weight excluding hydrogens is 212 g/mol. The fourth-order valence-electron chi connectivity index (χ4n) is 3.93. The second-order valence-corrected chi connectivity index (χ2v) is 6.43. The third-order valence-electron chi connectivity index (χ3n) is 5.17. The highest BCUT2D eigenvalue weighted by molar-refractivity contribution is 5.85. The number of ketones is 1. The molecule has 3 saturated carbocycles. The van der Waals surface area contributed by atoms with Crippen molar-refractivity contribution in [3.05, 3.63) is 12.8 Å². The van der Waals surface area contributed by atoms with Gasteiger partial charge in [0.2, 0.25) is 0 Å². The Bertz CT molecular complexity index is 321. The summed E-state index contributed by atoms with van der Waals surface area (Å²) in [4.78, 5) is 11.8. The van der Waals surface area contributed by atoms with Crippen LogP contribution < -0.4 is 0 Å². The van der Waals surface area contributed by atoms with Gasteiger partial charge in [0.15, 0.2) is 5.78 Å². The van der Waals surface area contributed by atoms with E-state index in [0.717, 1.165) is 19.3 Å². The van der Waals surface area contributed by atoms with Gasteiger partial charge < -0.3 is 4.74 Å². The molecule has 0 aromatic rings. The van der Waals surface area contributed by atoms with Crippen molar-refractivity contribution in [2.24, 2.45) is 17.3 Å². The Hall–Kier alpha value is -0.370. The monoisotopic (exact) mass is 234 g/mol. The minimum atomic E-state index is -0.205. The maximum Gasteiger partial charge on any atom is 0.161 e. The summed E-state index contributed by atoms with van der Waals surface area (Å²) in [6, 6.07) is 0. The van der Waals surface area contributed by atoms with Crippen LogP contribution in [0.3, 0.4) is 0 Å². The van der Waals surface area contributed by atoms with Crippen molar-refractivity contribution in [1.82, 2.24) is 0 Å². The van der Waals surface area contributed by atoms with E-state index in [1.165, 1.54) is 6.42 Å². The maximum absolute atomic E-state index is 11.8. The fraction of sp³-hybridized carbons (Fsp3) is 0.800. The number of Topliss-reactive ketones (excluding diaryl/α,β-unsaturated/α-hetero) is 1. The molecule has 0 spiro atoms. The van der Waals surface area contributed by atoms with Crippen molar-refractivity contribution in [2.75, 3.05) is 0 Å². The van der Waals surface area contributed by atoms with Crippen LogP contribution in [0.25, 0.3) is 0 Å². The molecule has 4 unspecified atom stereocenters. The number of hydrogen-bond acceptors (Lipinski definition) is 2. The summed E-state index contributed by atoms with van der Waals surface area (Å²) in [7, 11) is 0. The first-order valence-electron chi connectivity index (χ1n) is 6.94. The lowest BCUT2D eigenvalue weighted by molar-refractivity contribution is -0.136. The predicted octanol–water partition coefficient (Wildman–Crippen LogP) is 2.97. The highest BCUT2D eigenvalue weighted by atomic mass is 16.5. The number of carbonyl (C=O) groups is 1. The Morgan fingerprint density at radius 1 is 1.35 bits per heavy atom. The average molecular weight is 234 g/mol. The van der Waals surface area contributed by atoms with Gasteiger partial charge in [0, 0.05) is 6.42 Å². The molecule has 0 aromatic carbocycles. The lowest BCUT2D eigenvalue weighted by atomic mass is 9.82. The zero-order valence-electron chi connectivity index (χ0n) is 10.8. The molecule has 17 heavy (non-hydrogen) atoms. The Morgan fingerprint density at radius 3 is 2.76 bits per heavy atom. The molecule has 3 fully saturated rings. The standard InChI is InChI=1S/C15H22O2/c1-15(2)10-7-8-11(15)14(9-10)17-13-6-4-3-5-12(13)16/h6-7,10-11,13-14H,3-5,8-9H2,1-2H3. The molecule has 2 nitrogen and oxygen atoms in total. The number of ether oxygens (including phenoxy) is 1. The Kier molecular flexibility index (Phi) is 2.81. The summed E-state index contributed by atoms with van der Waals surface area (Å²) < 4.78 is 6.11. The van der Waals surface area contributed by atoms with Crippen LogP contribution in [0.2, 0.25) is 0 Å². The van der Waals surface area contributed by atoms with Crippen LogP contribution in [0.4, 0.5) is 0 Å². The van der Waals surface area contributed by atoms with Crippen molar-refractivity contribution in [3.8, 4) is 0 Å². The summed E-state index contributed by atoms with van der Waals surface area (Å²) in [5, 5.41) is 0. The van der Waals surface area contributed by atoms with E-state index in [0.29, 0.717) is 35.6 Å². The van der Waals surface area contributed by atoms with Gasteiger partial charge in [0.05, 0.1) is 6.10 Å². The molecule has 3 rings (SSSR count). The minimum Gasteiger partial charge on any atom is -0.367 e. The second-order valence-electron chi connectivity index (χ2n) is 6.43. The maximum atomic E-state index is 11.8. The molecule has 2 bridgehead atoms. The van der Waals surface area contributed by atoms with E-state index in [4.69, 9.17) is 4.74 Å². The van der Waals surface area contributed by atoms with Gasteiger partial charge in [0.1, 0.15) is 6.10 Å². The van der Waals surface area contributed by atoms with E-state index < -0.39 is 0 Å². The van der Waals surface area contributed by atoms with Crippen molar-refractivity contribution in [1.29, 1.82) is 0 Å². The summed E-state index contributed by atoms with van der Waals surface area (Å²) in [5.41, 5.74) is 0.377. The van der Waals surface area contributed by atoms with Gasteiger partial charge in [-0.1, -0.05) is 13.8 Å². The fourth-order valence-corrected chi connectivity index (χ4v) is 3.93. The largest absolute Gasteiger partial charge is 0.367 e. The third kappa shape index (κ3) is 1.85. The molecule has 2 radical (unpaired) electrons. The molecule has 3 aliphatic rings. The molecule has 4 atom stereocenters. The van der Waals surface area contributed by atoms with Crippen molar-refractivity contribution < 1.29 is 9.53 Å². The highest BCUT2D eigenvalue weighted by Crippen LogP contribution is 2.58. The van der Waals surface area contributed by atoms with Gasteiger partial charge in [0.25, 0.3) is 0 Å². The summed E-state index contributed by atoms with van der Waals surface area (Å²) in [5.74, 6) is 1.60. The van der Waals surface area contributed by atoms with E-state index in [-0.39, 0.29) is 6.10 Å². The molecule has 2 heteroatoms. The topological polar surface area (TPSA) is 26.3 Å². The van der Waals surface area contributed by atoms with E-state index in [1.807, 2.05) is 0 Å². The lowest BCUT2D eigenvalue weighted by Crippen LogP contribution is -2.35. The molecule has 94 valence electrons. The van der Waals surface area contributed by atoms with Crippen LogP contribution in [0.15, 0.2) is 0 Å². The first-order valence-corrected chi connectivity index (χ1v) is 6.94. The average Bonchev–Trinajstić information content (AvgIpc) is 2.70. The summed E-state index contributed by atoms with van der Waals surface area (Å²) in [6.45, 7) is 4.70. The first-order chi connectivity index (χ1) is 8.09. The zero-order chi connectivity index (χ0) is 12.0. The van der Waals surface area contributed by atoms with Crippen LogP contribution in [-0.4, -0.2) is 18.0 Å². The van der Waals surface area contributed by atoms with E-state index in [9.17, 15) is 4.79 Å². The molecule has 0 heterocycles. The molecule has 0 N–H and O–H groups in total. The van der Waals surface area contributed by atoms with Crippen LogP contribution in [0.1, 0.15) is 46.0 Å². The molecule has 3 aliphatic carbocycles. The Balaban J connectivity index is 1.65. The van der Waals surface area contributed by atoms with Crippen LogP contribution in [-0.2, 0) is 9.53 Å². The van der Waals surface area contributed by atoms with Crippen molar-refractivity contribution >= 4 is 5.78 Å². The SMILES string of the molecule is CC1(C)C2[CH]CC1C(OC1[CH]CCCC1=O)C2. The van der Waals surface area contributed by atoms with Gasteiger partial charge in [-0.2, -0.15) is 0 Å². The normalized spacial score (nSPS) is 44.2. The third-order valence-corrected chi connectivity index (χ3v) is 5.17. The molecular formula is C15H22O2. The van der Waals surface area contributed by atoms with E-state index in [2.05, 4.69) is 26.7 Å². The van der Waals surface area contributed by atoms with Crippen LogP contribution >= 0.6 is 0 Å². The highest BCUT2D eigenvalue weighted by Gasteiger charge is 2.54. The molecule has 0 aliphatic heterocycles. The van der Waals surface area contributed by atoms with Crippen LogP contribution in [0.5, 0.6) is 0 Å². The molecule has 0 aromatic heterocycles. The predicted molar refractivity (Wildman–Crippen MR) is 66.1 cm³/mol. The van der Waals surface area contributed by atoms with Gasteiger partial charge in [-0.25, -0.2) is 0 Å². The van der Waals surface area contributed by atoms with Gasteiger partial charge in [-0.3, -0.25) is 4.79 Å². The zero-order valence-corrected chi connectivity index (χ0v) is 10.8. The van der Waals surface area contributed by atoms with Crippen molar-refractivity contribution in [2.45, 2.75) is 58.2 Å². The number of hydrogen-bond donors (Lipinski definition) is 0. The number of rotatable bonds is 2. The minimum absolute atomic E-state index is 0.205. The second kappa shape index (κ2) is 4.08. The molecule has 0 amide bonds. The summed E-state index contributed by atoms with van der Waals surface area (Å²) in [6.07, 6.45) is 9.68. The Labute approximate surface area is 104 Å². The van der Waals surface area contributed by atoms with Crippen LogP contribution in [0, 0.1) is 30.1 Å². The van der Waals surface area contributed by atoms with Crippen molar-refractivity contribution in [3.63, 3.8) is 0 Å². The van der Waals surface area contributed by atoms with Gasteiger partial charge in [-0.05, 0) is 55.8 Å². The number of fused-ring (bicyclic) bond motifs is 2. The quantitative estimate of drug-likeness (QED) is 0.734. The smallest absolute Gasteiger partial charge is 0.161 e. The van der Waals surface area contributed by atoms with Gasteiger partial charge >= 0.3 is 0 Å². The van der Waals surface area contributed by atoms with Gasteiger partial charge in [-0.15, -0.1) is 0 Å². The first kappa shape index (κ1) is 11.7. The summed E-state index contributed by atoms with van der Waals surface area (Å²) >= 11 is 0. The molecule has 0 saturated heterocycles. The number of carbonyl (C=O) groups excluding carboxylic acids is 1. The van der Waals surface area contributed by atoms with E-state index in [1.54, 1.807) is 0 Å². The Morgan fingerprint density at radius 2 is 2.18 bits per heavy atom. The lowest BCUT2D eigenvalue weighted by Gasteiger charge is -2.30.